The highest BCUT2D eigenvalue weighted by atomic mass is 16.1. The van der Waals surface area contributed by atoms with Crippen LogP contribution in [0.5, 0.6) is 0 Å². The minimum atomic E-state index is -0.174. The molecule has 0 radical (unpaired) electrons. The molecular formula is C24H29N5O2. The molecule has 0 spiro atoms. The van der Waals surface area contributed by atoms with Crippen LogP contribution in [0, 0.1) is 6.92 Å². The van der Waals surface area contributed by atoms with E-state index in [0.29, 0.717) is 29.9 Å². The molecule has 0 atom stereocenters. The van der Waals surface area contributed by atoms with Crippen LogP contribution in [0.25, 0.3) is 11.0 Å². The molecule has 2 aromatic heterocycles. The SMILES string of the molecule is CCn1c(=O)c(C)nc2cc(C(=O)NCc3ccc(N4CCCCCC4)nc3)ccc21. The Labute approximate surface area is 182 Å². The number of carbonyl (C=O) groups excluding carboxylic acids is 1. The van der Waals surface area contributed by atoms with E-state index in [1.807, 2.05) is 25.3 Å². The van der Waals surface area contributed by atoms with Gasteiger partial charge >= 0.3 is 0 Å². The molecule has 0 unspecified atom stereocenters. The van der Waals surface area contributed by atoms with E-state index < -0.39 is 0 Å². The van der Waals surface area contributed by atoms with Crippen molar-refractivity contribution in [1.29, 1.82) is 0 Å². The van der Waals surface area contributed by atoms with Crippen molar-refractivity contribution < 1.29 is 4.79 Å². The van der Waals surface area contributed by atoms with Gasteiger partial charge in [0, 0.05) is 37.9 Å². The molecule has 1 saturated heterocycles. The van der Waals surface area contributed by atoms with E-state index in [4.69, 9.17) is 0 Å². The van der Waals surface area contributed by atoms with Crippen LogP contribution in [0.4, 0.5) is 5.82 Å². The van der Waals surface area contributed by atoms with E-state index in [1.54, 1.807) is 29.7 Å². The molecule has 0 saturated carbocycles. The van der Waals surface area contributed by atoms with Crippen LogP contribution in [0.2, 0.25) is 0 Å². The van der Waals surface area contributed by atoms with Crippen molar-refractivity contribution >= 4 is 22.8 Å². The predicted octanol–water partition coefficient (Wildman–Crippen LogP) is 3.43. The molecular weight excluding hydrogens is 390 g/mol. The molecule has 3 heterocycles. The minimum absolute atomic E-state index is 0.0941. The molecule has 31 heavy (non-hydrogen) atoms. The molecule has 1 aromatic carbocycles. The summed E-state index contributed by atoms with van der Waals surface area (Å²) in [5.41, 5.74) is 3.21. The van der Waals surface area contributed by atoms with Crippen LogP contribution < -0.4 is 15.8 Å². The van der Waals surface area contributed by atoms with Crippen molar-refractivity contribution in [1.82, 2.24) is 19.9 Å². The molecule has 0 aliphatic carbocycles. The molecule has 3 aromatic rings. The highest BCUT2D eigenvalue weighted by Gasteiger charge is 2.13. The maximum absolute atomic E-state index is 12.7. The number of benzene rings is 1. The quantitative estimate of drug-likeness (QED) is 0.685. The van der Waals surface area contributed by atoms with Gasteiger partial charge < -0.3 is 14.8 Å². The second kappa shape index (κ2) is 9.29. The maximum Gasteiger partial charge on any atom is 0.272 e. The summed E-state index contributed by atoms with van der Waals surface area (Å²) in [5.74, 6) is 0.835. The Bertz CT molecular complexity index is 1130. The topological polar surface area (TPSA) is 80.1 Å². The average molecular weight is 420 g/mol. The summed E-state index contributed by atoms with van der Waals surface area (Å²) in [5, 5.41) is 2.95. The maximum atomic E-state index is 12.7. The van der Waals surface area contributed by atoms with Gasteiger partial charge in [-0.3, -0.25) is 9.59 Å². The number of pyridine rings is 1. The molecule has 1 fully saturated rings. The number of amides is 1. The number of aromatic nitrogens is 3. The molecule has 1 aliphatic heterocycles. The van der Waals surface area contributed by atoms with E-state index in [9.17, 15) is 9.59 Å². The molecule has 4 rings (SSSR count). The van der Waals surface area contributed by atoms with E-state index in [1.165, 1.54) is 25.7 Å². The van der Waals surface area contributed by atoms with Crippen LogP contribution in [0.3, 0.4) is 0 Å². The number of carbonyl (C=O) groups is 1. The van der Waals surface area contributed by atoms with Crippen LogP contribution in [0.15, 0.2) is 41.3 Å². The fourth-order valence-corrected chi connectivity index (χ4v) is 4.12. The monoisotopic (exact) mass is 419 g/mol. The summed E-state index contributed by atoms with van der Waals surface area (Å²) in [7, 11) is 0. The number of nitrogens with one attached hydrogen (secondary N) is 1. The molecule has 162 valence electrons. The van der Waals surface area contributed by atoms with Crippen molar-refractivity contribution in [2.75, 3.05) is 18.0 Å². The molecule has 0 bridgehead atoms. The van der Waals surface area contributed by atoms with Crippen LogP contribution in [-0.4, -0.2) is 33.5 Å². The lowest BCUT2D eigenvalue weighted by Gasteiger charge is -2.21. The van der Waals surface area contributed by atoms with Crippen molar-refractivity contribution in [2.24, 2.45) is 0 Å². The summed E-state index contributed by atoms with van der Waals surface area (Å²) < 4.78 is 1.68. The number of fused-ring (bicyclic) bond motifs is 1. The Morgan fingerprint density at radius 3 is 2.55 bits per heavy atom. The van der Waals surface area contributed by atoms with Gasteiger partial charge in [0.15, 0.2) is 0 Å². The van der Waals surface area contributed by atoms with Crippen molar-refractivity contribution in [3.63, 3.8) is 0 Å². The normalized spacial score (nSPS) is 14.5. The zero-order chi connectivity index (χ0) is 21.8. The highest BCUT2D eigenvalue weighted by Crippen LogP contribution is 2.18. The predicted molar refractivity (Wildman–Crippen MR) is 123 cm³/mol. The largest absolute Gasteiger partial charge is 0.357 e. The smallest absolute Gasteiger partial charge is 0.272 e. The van der Waals surface area contributed by atoms with Gasteiger partial charge in [-0.05, 0) is 56.5 Å². The lowest BCUT2D eigenvalue weighted by molar-refractivity contribution is 0.0951. The second-order valence-corrected chi connectivity index (χ2v) is 8.06. The summed E-state index contributed by atoms with van der Waals surface area (Å²) in [4.78, 5) is 36.3. The van der Waals surface area contributed by atoms with Gasteiger partial charge in [-0.25, -0.2) is 9.97 Å². The Morgan fingerprint density at radius 2 is 1.87 bits per heavy atom. The molecule has 7 heteroatoms. The van der Waals surface area contributed by atoms with Gasteiger partial charge in [0.2, 0.25) is 0 Å². The third-order valence-corrected chi connectivity index (χ3v) is 5.88. The molecule has 1 aliphatic rings. The first-order valence-corrected chi connectivity index (χ1v) is 11.1. The zero-order valence-electron chi connectivity index (χ0n) is 18.2. The summed E-state index contributed by atoms with van der Waals surface area (Å²) >= 11 is 0. The van der Waals surface area contributed by atoms with Crippen molar-refractivity contribution in [3.8, 4) is 0 Å². The van der Waals surface area contributed by atoms with Gasteiger partial charge in [0.1, 0.15) is 11.5 Å². The highest BCUT2D eigenvalue weighted by molar-refractivity contribution is 5.97. The molecule has 7 nitrogen and oxygen atoms in total. The molecule has 1 N–H and O–H groups in total. The Hall–Kier alpha value is -3.22. The standard InChI is InChI=1S/C24H29N5O2/c1-3-29-21-10-9-19(14-20(21)27-17(2)24(29)31)23(30)26-16-18-8-11-22(25-15-18)28-12-6-4-5-7-13-28/h8-11,14-15H,3-7,12-13,16H2,1-2H3,(H,26,30). The third kappa shape index (κ3) is 4.60. The second-order valence-electron chi connectivity index (χ2n) is 8.06. The Kier molecular flexibility index (Phi) is 6.30. The van der Waals surface area contributed by atoms with E-state index >= 15 is 0 Å². The number of anilines is 1. The van der Waals surface area contributed by atoms with E-state index in [0.717, 1.165) is 30.0 Å². The fourth-order valence-electron chi connectivity index (χ4n) is 4.12. The van der Waals surface area contributed by atoms with Gasteiger partial charge in [-0.2, -0.15) is 0 Å². The zero-order valence-corrected chi connectivity index (χ0v) is 18.2. The lowest BCUT2D eigenvalue weighted by Crippen LogP contribution is -2.26. The number of nitrogens with zero attached hydrogens (tertiary/aromatic N) is 4. The lowest BCUT2D eigenvalue weighted by atomic mass is 10.1. The summed E-state index contributed by atoms with van der Waals surface area (Å²) in [6.07, 6.45) is 6.86. The number of hydrogen-bond donors (Lipinski definition) is 1. The van der Waals surface area contributed by atoms with Crippen LogP contribution >= 0.6 is 0 Å². The van der Waals surface area contributed by atoms with Crippen molar-refractivity contribution in [3.05, 3.63) is 63.7 Å². The number of aryl methyl sites for hydroxylation is 2. The van der Waals surface area contributed by atoms with Gasteiger partial charge in [0.05, 0.1) is 11.0 Å². The summed E-state index contributed by atoms with van der Waals surface area (Å²) in [6, 6.07) is 9.34. The first-order chi connectivity index (χ1) is 15.1. The van der Waals surface area contributed by atoms with E-state index in [-0.39, 0.29) is 11.5 Å². The molecule has 1 amide bonds. The summed E-state index contributed by atoms with van der Waals surface area (Å²) in [6.45, 7) is 6.71. The third-order valence-electron chi connectivity index (χ3n) is 5.88. The van der Waals surface area contributed by atoms with Crippen LogP contribution in [0.1, 0.15) is 54.2 Å². The number of hydrogen-bond acceptors (Lipinski definition) is 5. The van der Waals surface area contributed by atoms with Gasteiger partial charge in [-0.15, -0.1) is 0 Å². The number of rotatable bonds is 5. The van der Waals surface area contributed by atoms with Gasteiger partial charge in [-0.1, -0.05) is 18.9 Å². The van der Waals surface area contributed by atoms with E-state index in [2.05, 4.69) is 20.2 Å². The Balaban J connectivity index is 1.44. The minimum Gasteiger partial charge on any atom is -0.357 e. The fraction of sp³-hybridized carbons (Fsp3) is 0.417. The average Bonchev–Trinajstić information content (AvgIpc) is 3.08. The first-order valence-electron chi connectivity index (χ1n) is 11.1. The van der Waals surface area contributed by atoms with Crippen LogP contribution in [-0.2, 0) is 13.1 Å². The van der Waals surface area contributed by atoms with Gasteiger partial charge in [0.25, 0.3) is 11.5 Å². The Morgan fingerprint density at radius 1 is 1.10 bits per heavy atom. The van der Waals surface area contributed by atoms with Crippen molar-refractivity contribution in [2.45, 2.75) is 52.6 Å². The first kappa shape index (κ1) is 21.0.